The molecule has 1 atom stereocenters. The molecule has 3 aromatic carbocycles. The molecular weight excluding hydrogens is 533 g/mol. The number of carbonyl (C=O) groups is 2. The molecule has 3 aromatic rings. The average Bonchev–Trinajstić information content (AvgIpc) is 2.91. The Hall–Kier alpha value is -3.92. The van der Waals surface area contributed by atoms with Crippen LogP contribution in [-0.4, -0.2) is 49.9 Å². The van der Waals surface area contributed by atoms with Crippen molar-refractivity contribution in [3.8, 4) is 5.75 Å². The Morgan fingerprint density at radius 3 is 2.15 bits per heavy atom. The molecule has 10 heteroatoms. The minimum atomic E-state index is -4.22. The van der Waals surface area contributed by atoms with Crippen molar-refractivity contribution in [3.63, 3.8) is 0 Å². The van der Waals surface area contributed by atoms with Crippen LogP contribution in [0, 0.1) is 5.82 Å². The number of anilines is 1. The van der Waals surface area contributed by atoms with E-state index >= 15 is 0 Å². The molecule has 3 rings (SSSR count). The number of para-hydroxylation sites is 2. The van der Waals surface area contributed by atoms with Gasteiger partial charge in [-0.05, 0) is 76.6 Å². The highest BCUT2D eigenvalue weighted by Gasteiger charge is 2.34. The molecule has 40 heavy (non-hydrogen) atoms. The zero-order valence-electron chi connectivity index (χ0n) is 23.4. The van der Waals surface area contributed by atoms with E-state index in [1.807, 2.05) is 20.8 Å². The molecule has 0 heterocycles. The van der Waals surface area contributed by atoms with Gasteiger partial charge < -0.3 is 15.0 Å². The summed E-state index contributed by atoms with van der Waals surface area (Å²) < 4.78 is 48.1. The Labute approximate surface area is 235 Å². The Bertz CT molecular complexity index is 1410. The van der Waals surface area contributed by atoms with Crippen molar-refractivity contribution < 1.29 is 27.1 Å². The summed E-state index contributed by atoms with van der Waals surface area (Å²) in [4.78, 5) is 28.4. The molecule has 0 aromatic heterocycles. The van der Waals surface area contributed by atoms with Crippen LogP contribution in [0.4, 0.5) is 10.1 Å². The molecule has 214 valence electrons. The first-order valence-electron chi connectivity index (χ1n) is 13.0. The van der Waals surface area contributed by atoms with Gasteiger partial charge in [-0.15, -0.1) is 0 Å². The number of carbonyl (C=O) groups excluding carboxylic acids is 2. The molecule has 0 unspecified atom stereocenters. The fourth-order valence-electron chi connectivity index (χ4n) is 4.02. The smallest absolute Gasteiger partial charge is 0.264 e. The quantitative estimate of drug-likeness (QED) is 0.360. The van der Waals surface area contributed by atoms with Crippen LogP contribution < -0.4 is 14.4 Å². The van der Waals surface area contributed by atoms with E-state index in [1.54, 1.807) is 56.3 Å². The molecule has 2 amide bonds. The number of ether oxygens (including phenoxy) is 1. The fraction of sp³-hybridized carbons (Fsp3) is 0.333. The predicted molar refractivity (Wildman–Crippen MR) is 153 cm³/mol. The lowest BCUT2D eigenvalue weighted by atomic mass is 10.1. The summed E-state index contributed by atoms with van der Waals surface area (Å²) in [6.45, 7) is 8.46. The van der Waals surface area contributed by atoms with Crippen molar-refractivity contribution in [1.29, 1.82) is 0 Å². The monoisotopic (exact) mass is 569 g/mol. The highest BCUT2D eigenvalue weighted by atomic mass is 32.2. The van der Waals surface area contributed by atoms with Gasteiger partial charge in [-0.2, -0.15) is 0 Å². The van der Waals surface area contributed by atoms with Crippen LogP contribution in [0.15, 0.2) is 83.8 Å². The van der Waals surface area contributed by atoms with Crippen LogP contribution in [0.2, 0.25) is 0 Å². The van der Waals surface area contributed by atoms with E-state index in [1.165, 1.54) is 41.3 Å². The van der Waals surface area contributed by atoms with Gasteiger partial charge in [0.15, 0.2) is 0 Å². The highest BCUT2D eigenvalue weighted by molar-refractivity contribution is 7.92. The molecular formula is C30H36FN3O5S. The van der Waals surface area contributed by atoms with Crippen molar-refractivity contribution >= 4 is 27.5 Å². The summed E-state index contributed by atoms with van der Waals surface area (Å²) in [5, 5.41) is 2.87. The second-order valence-electron chi connectivity index (χ2n) is 10.3. The number of benzene rings is 3. The van der Waals surface area contributed by atoms with Crippen LogP contribution >= 0.6 is 0 Å². The topological polar surface area (TPSA) is 96.0 Å². The van der Waals surface area contributed by atoms with E-state index < -0.39 is 45.8 Å². The Kier molecular flexibility index (Phi) is 9.92. The van der Waals surface area contributed by atoms with Crippen LogP contribution in [0.1, 0.15) is 40.2 Å². The lowest BCUT2D eigenvalue weighted by molar-refractivity contribution is -0.140. The molecule has 0 aliphatic rings. The van der Waals surface area contributed by atoms with Gasteiger partial charge in [-0.3, -0.25) is 13.9 Å². The lowest BCUT2D eigenvalue weighted by Crippen LogP contribution is -2.54. The van der Waals surface area contributed by atoms with Crippen molar-refractivity contribution in [2.75, 3.05) is 17.5 Å². The molecule has 8 nitrogen and oxygen atoms in total. The summed E-state index contributed by atoms with van der Waals surface area (Å²) >= 11 is 0. The average molecular weight is 570 g/mol. The fourth-order valence-corrected chi connectivity index (χ4v) is 5.46. The second kappa shape index (κ2) is 13.0. The maximum Gasteiger partial charge on any atom is 0.264 e. The van der Waals surface area contributed by atoms with Crippen LogP contribution in [0.5, 0.6) is 5.75 Å². The third-order valence-electron chi connectivity index (χ3n) is 5.98. The maximum absolute atomic E-state index is 14.0. The lowest BCUT2D eigenvalue weighted by Gasteiger charge is -2.33. The molecule has 0 aliphatic carbocycles. The number of rotatable bonds is 11. The standard InChI is InChI=1S/C30H36FN3O5S/c1-6-39-27-15-11-10-14-26(27)34(40(37,38)25-12-8-7-9-13-25)21-28(35)33(20-23-16-18-24(31)19-17-23)22(2)29(36)32-30(3,4)5/h7-19,22H,6,20-21H2,1-5H3,(H,32,36)/t22-/m1/s1. The van der Waals surface area contributed by atoms with E-state index in [-0.39, 0.29) is 23.7 Å². The first-order valence-corrected chi connectivity index (χ1v) is 14.4. The van der Waals surface area contributed by atoms with Crippen molar-refractivity contribution in [1.82, 2.24) is 10.2 Å². The van der Waals surface area contributed by atoms with Gasteiger partial charge in [-0.1, -0.05) is 42.5 Å². The van der Waals surface area contributed by atoms with Gasteiger partial charge >= 0.3 is 0 Å². The Balaban J connectivity index is 2.07. The highest BCUT2D eigenvalue weighted by Crippen LogP contribution is 2.32. The summed E-state index contributed by atoms with van der Waals surface area (Å²) in [6, 6.07) is 19.0. The molecule has 0 spiro atoms. The molecule has 0 radical (unpaired) electrons. The third kappa shape index (κ3) is 7.81. The SMILES string of the molecule is CCOc1ccccc1N(CC(=O)N(Cc1ccc(F)cc1)[C@H](C)C(=O)NC(C)(C)C)S(=O)(=O)c1ccccc1. The number of hydrogen-bond acceptors (Lipinski definition) is 5. The van der Waals surface area contributed by atoms with Gasteiger partial charge in [0.2, 0.25) is 11.8 Å². The number of sulfonamides is 1. The van der Waals surface area contributed by atoms with Gasteiger partial charge in [0.05, 0.1) is 17.2 Å². The number of amides is 2. The molecule has 0 bridgehead atoms. The van der Waals surface area contributed by atoms with E-state index in [0.717, 1.165) is 4.31 Å². The predicted octanol–water partition coefficient (Wildman–Crippen LogP) is 4.75. The Morgan fingerprint density at radius 1 is 0.950 bits per heavy atom. The van der Waals surface area contributed by atoms with E-state index in [0.29, 0.717) is 11.3 Å². The van der Waals surface area contributed by atoms with Crippen molar-refractivity contribution in [2.24, 2.45) is 0 Å². The summed E-state index contributed by atoms with van der Waals surface area (Å²) in [6.07, 6.45) is 0. The van der Waals surface area contributed by atoms with Crippen LogP contribution in [0.3, 0.4) is 0 Å². The normalized spacial score (nSPS) is 12.3. The number of nitrogens with zero attached hydrogens (tertiary/aromatic N) is 2. The van der Waals surface area contributed by atoms with E-state index in [2.05, 4.69) is 5.32 Å². The first-order chi connectivity index (χ1) is 18.8. The second-order valence-corrected chi connectivity index (χ2v) is 12.2. The number of halogens is 1. The Morgan fingerprint density at radius 2 is 1.55 bits per heavy atom. The molecule has 1 N–H and O–H groups in total. The van der Waals surface area contributed by atoms with Crippen LogP contribution in [0.25, 0.3) is 0 Å². The third-order valence-corrected chi connectivity index (χ3v) is 7.75. The van der Waals surface area contributed by atoms with Crippen molar-refractivity contribution in [3.05, 3.63) is 90.2 Å². The minimum Gasteiger partial charge on any atom is -0.492 e. The van der Waals surface area contributed by atoms with E-state index in [4.69, 9.17) is 4.74 Å². The van der Waals surface area contributed by atoms with Gasteiger partial charge in [0, 0.05) is 12.1 Å². The number of nitrogens with one attached hydrogen (secondary N) is 1. The largest absolute Gasteiger partial charge is 0.492 e. The summed E-state index contributed by atoms with van der Waals surface area (Å²) in [5.41, 5.74) is 0.210. The maximum atomic E-state index is 14.0. The molecule has 0 fully saturated rings. The van der Waals surface area contributed by atoms with Gasteiger partial charge in [0.25, 0.3) is 10.0 Å². The zero-order valence-corrected chi connectivity index (χ0v) is 24.2. The van der Waals surface area contributed by atoms with E-state index in [9.17, 15) is 22.4 Å². The van der Waals surface area contributed by atoms with Gasteiger partial charge in [-0.25, -0.2) is 12.8 Å². The number of hydrogen-bond donors (Lipinski definition) is 1. The first kappa shape index (κ1) is 30.6. The summed E-state index contributed by atoms with van der Waals surface area (Å²) in [5.74, 6) is -1.17. The van der Waals surface area contributed by atoms with Crippen LogP contribution in [-0.2, 0) is 26.2 Å². The zero-order chi connectivity index (χ0) is 29.5. The minimum absolute atomic E-state index is 0.00212. The summed E-state index contributed by atoms with van der Waals surface area (Å²) in [7, 11) is -4.22. The molecule has 0 aliphatic heterocycles. The molecule has 0 saturated heterocycles. The molecule has 0 saturated carbocycles. The van der Waals surface area contributed by atoms with Crippen molar-refractivity contribution in [2.45, 2.75) is 57.6 Å². The van der Waals surface area contributed by atoms with Gasteiger partial charge in [0.1, 0.15) is 24.2 Å².